The summed E-state index contributed by atoms with van der Waals surface area (Å²) in [5, 5.41) is 5.19. The summed E-state index contributed by atoms with van der Waals surface area (Å²) < 4.78 is 1.97. The number of fused-ring (bicyclic) bond motifs is 1. The van der Waals surface area contributed by atoms with Crippen molar-refractivity contribution in [2.24, 2.45) is 5.92 Å². The smallest absolute Gasteiger partial charge is 0.228 e. The van der Waals surface area contributed by atoms with Gasteiger partial charge in [0.15, 0.2) is 0 Å². The number of aromatic nitrogens is 2. The third-order valence-corrected chi connectivity index (χ3v) is 5.38. The Morgan fingerprint density at radius 3 is 2.83 bits per heavy atom. The van der Waals surface area contributed by atoms with Crippen LogP contribution in [0.15, 0.2) is 41.9 Å². The van der Waals surface area contributed by atoms with E-state index in [0.717, 1.165) is 47.7 Å². The molecule has 1 aliphatic carbocycles. The summed E-state index contributed by atoms with van der Waals surface area (Å²) in [5.41, 5.74) is 1.71. The lowest BCUT2D eigenvalue weighted by Crippen LogP contribution is -2.25. The first-order chi connectivity index (χ1) is 11.3. The summed E-state index contributed by atoms with van der Waals surface area (Å²) in [5.74, 6) is 1.06. The minimum Gasteiger partial charge on any atom is -0.310 e. The van der Waals surface area contributed by atoms with Crippen LogP contribution in [0, 0.1) is 5.92 Å². The first kappa shape index (κ1) is 14.5. The fourth-order valence-electron chi connectivity index (χ4n) is 3.28. The largest absolute Gasteiger partial charge is 0.310 e. The van der Waals surface area contributed by atoms with Gasteiger partial charge in [0.1, 0.15) is 17.2 Å². The number of hydrogen-bond acceptors (Lipinski definition) is 3. The second-order valence-corrected chi connectivity index (χ2v) is 6.99. The van der Waals surface area contributed by atoms with Crippen molar-refractivity contribution in [1.29, 1.82) is 0 Å². The second kappa shape index (κ2) is 6.16. The topological polar surface area (TPSA) is 46.4 Å². The molecule has 1 N–H and O–H groups in total. The summed E-state index contributed by atoms with van der Waals surface area (Å²) in [6, 6.07) is 9.95. The Morgan fingerprint density at radius 1 is 1.17 bits per heavy atom. The van der Waals surface area contributed by atoms with Crippen molar-refractivity contribution in [1.82, 2.24) is 9.38 Å². The molecule has 5 heteroatoms. The first-order valence-electron chi connectivity index (χ1n) is 8.15. The van der Waals surface area contributed by atoms with Crippen LogP contribution in [0.2, 0.25) is 0 Å². The average Bonchev–Trinajstić information content (AvgIpc) is 3.24. The number of nitrogens with one attached hydrogen (secondary N) is 1. The molecule has 3 heterocycles. The summed E-state index contributed by atoms with van der Waals surface area (Å²) in [4.78, 5) is 18.5. The molecule has 1 amide bonds. The lowest BCUT2D eigenvalue weighted by molar-refractivity contribution is -0.120. The molecule has 0 spiro atoms. The van der Waals surface area contributed by atoms with Crippen molar-refractivity contribution in [3.63, 3.8) is 0 Å². The van der Waals surface area contributed by atoms with Crippen LogP contribution in [0.5, 0.6) is 0 Å². The number of carbonyl (C=O) groups excluding carboxylic acids is 1. The number of anilines is 1. The van der Waals surface area contributed by atoms with Crippen LogP contribution in [0.3, 0.4) is 0 Å². The summed E-state index contributed by atoms with van der Waals surface area (Å²) in [7, 11) is 0. The molecule has 4 rings (SSSR count). The number of nitrogens with zero attached hydrogens (tertiary/aromatic N) is 2. The van der Waals surface area contributed by atoms with Crippen molar-refractivity contribution in [3.8, 4) is 10.6 Å². The van der Waals surface area contributed by atoms with E-state index in [4.69, 9.17) is 4.98 Å². The van der Waals surface area contributed by atoms with Gasteiger partial charge in [-0.1, -0.05) is 31.4 Å². The zero-order valence-corrected chi connectivity index (χ0v) is 13.7. The summed E-state index contributed by atoms with van der Waals surface area (Å²) >= 11 is 1.64. The zero-order valence-electron chi connectivity index (χ0n) is 12.9. The van der Waals surface area contributed by atoms with Gasteiger partial charge in [-0.2, -0.15) is 0 Å². The van der Waals surface area contributed by atoms with Gasteiger partial charge in [-0.05, 0) is 36.4 Å². The van der Waals surface area contributed by atoms with E-state index in [1.54, 1.807) is 11.3 Å². The molecule has 0 atom stereocenters. The summed E-state index contributed by atoms with van der Waals surface area (Å²) in [6.45, 7) is 0. The van der Waals surface area contributed by atoms with Gasteiger partial charge in [-0.3, -0.25) is 9.20 Å². The number of thiophene rings is 1. The van der Waals surface area contributed by atoms with E-state index >= 15 is 0 Å². The van der Waals surface area contributed by atoms with Crippen LogP contribution in [0.4, 0.5) is 5.82 Å². The summed E-state index contributed by atoms with van der Waals surface area (Å²) in [6.07, 6.45) is 7.51. The highest BCUT2D eigenvalue weighted by atomic mass is 32.1. The van der Waals surface area contributed by atoms with Crippen molar-refractivity contribution in [2.75, 3.05) is 5.32 Å². The van der Waals surface area contributed by atoms with Gasteiger partial charge in [0.05, 0.1) is 4.88 Å². The maximum absolute atomic E-state index is 12.7. The predicted octanol–water partition coefficient (Wildman–Crippen LogP) is 4.58. The Bertz CT molecular complexity index is 816. The Balaban J connectivity index is 1.72. The van der Waals surface area contributed by atoms with Crippen LogP contribution in [0.1, 0.15) is 32.1 Å². The average molecular weight is 325 g/mol. The highest BCUT2D eigenvalue weighted by Crippen LogP contribution is 2.33. The van der Waals surface area contributed by atoms with E-state index in [1.165, 1.54) is 6.42 Å². The van der Waals surface area contributed by atoms with E-state index in [9.17, 15) is 4.79 Å². The first-order valence-corrected chi connectivity index (χ1v) is 9.03. The van der Waals surface area contributed by atoms with Gasteiger partial charge in [-0.15, -0.1) is 11.3 Å². The maximum atomic E-state index is 12.7. The van der Waals surface area contributed by atoms with Crippen LogP contribution in [-0.4, -0.2) is 15.3 Å². The lowest BCUT2D eigenvalue weighted by Gasteiger charge is -2.20. The van der Waals surface area contributed by atoms with Crippen LogP contribution in [-0.2, 0) is 4.79 Å². The molecule has 0 bridgehead atoms. The van der Waals surface area contributed by atoms with Crippen LogP contribution >= 0.6 is 11.3 Å². The standard InChI is InChI=1S/C18H19N3OS/c22-18(13-7-2-1-3-8-13)20-17-16(14-9-6-12-23-14)19-15-10-4-5-11-21(15)17/h4-6,9-13H,1-3,7-8H2,(H,20,22). The molecular formula is C18H19N3OS. The van der Waals surface area contributed by atoms with E-state index in [2.05, 4.69) is 5.32 Å². The molecule has 3 aromatic rings. The molecule has 0 unspecified atom stereocenters. The number of rotatable bonds is 3. The molecule has 4 nitrogen and oxygen atoms in total. The minimum absolute atomic E-state index is 0.133. The molecule has 23 heavy (non-hydrogen) atoms. The number of pyridine rings is 1. The van der Waals surface area contributed by atoms with Crippen molar-refractivity contribution >= 4 is 28.7 Å². The fraction of sp³-hybridized carbons (Fsp3) is 0.333. The molecule has 0 aliphatic heterocycles. The Labute approximate surface area is 139 Å². The van der Waals surface area contributed by atoms with Gasteiger partial charge in [-0.25, -0.2) is 4.98 Å². The molecule has 3 aromatic heterocycles. The molecule has 1 saturated carbocycles. The number of imidazole rings is 1. The van der Waals surface area contributed by atoms with Gasteiger partial charge < -0.3 is 5.32 Å². The lowest BCUT2D eigenvalue weighted by atomic mass is 9.89. The van der Waals surface area contributed by atoms with Gasteiger partial charge in [0.25, 0.3) is 0 Å². The monoisotopic (exact) mass is 325 g/mol. The Kier molecular flexibility index (Phi) is 3.87. The number of hydrogen-bond donors (Lipinski definition) is 1. The number of amides is 1. The minimum atomic E-state index is 0.133. The molecule has 0 saturated heterocycles. The van der Waals surface area contributed by atoms with Crippen molar-refractivity contribution in [3.05, 3.63) is 41.9 Å². The third kappa shape index (κ3) is 2.77. The van der Waals surface area contributed by atoms with Crippen LogP contribution in [0.25, 0.3) is 16.2 Å². The van der Waals surface area contributed by atoms with E-state index in [0.29, 0.717) is 0 Å². The molecule has 1 aliphatic rings. The highest BCUT2D eigenvalue weighted by Gasteiger charge is 2.24. The van der Waals surface area contributed by atoms with Gasteiger partial charge in [0.2, 0.25) is 5.91 Å². The van der Waals surface area contributed by atoms with Crippen LogP contribution < -0.4 is 5.32 Å². The van der Waals surface area contributed by atoms with E-state index in [1.807, 2.05) is 46.3 Å². The van der Waals surface area contributed by atoms with E-state index < -0.39 is 0 Å². The van der Waals surface area contributed by atoms with Crippen molar-refractivity contribution < 1.29 is 4.79 Å². The number of carbonyl (C=O) groups is 1. The maximum Gasteiger partial charge on any atom is 0.228 e. The van der Waals surface area contributed by atoms with E-state index in [-0.39, 0.29) is 11.8 Å². The quantitative estimate of drug-likeness (QED) is 0.766. The molecule has 0 radical (unpaired) electrons. The molecule has 118 valence electrons. The zero-order chi connectivity index (χ0) is 15.6. The highest BCUT2D eigenvalue weighted by molar-refractivity contribution is 7.13. The normalized spacial score (nSPS) is 15.8. The second-order valence-electron chi connectivity index (χ2n) is 6.04. The molecule has 1 fully saturated rings. The fourth-order valence-corrected chi connectivity index (χ4v) is 4.00. The Morgan fingerprint density at radius 2 is 2.04 bits per heavy atom. The predicted molar refractivity (Wildman–Crippen MR) is 93.7 cm³/mol. The third-order valence-electron chi connectivity index (χ3n) is 4.50. The van der Waals surface area contributed by atoms with Crippen molar-refractivity contribution in [2.45, 2.75) is 32.1 Å². The molecule has 0 aromatic carbocycles. The molecular weight excluding hydrogens is 306 g/mol. The SMILES string of the molecule is O=C(Nc1c(-c2cccs2)nc2ccccn12)C1CCCCC1. The Hall–Kier alpha value is -2.14. The van der Waals surface area contributed by atoms with Gasteiger partial charge in [0, 0.05) is 12.1 Å². The van der Waals surface area contributed by atoms with Gasteiger partial charge >= 0.3 is 0 Å².